The second-order valence-electron chi connectivity index (χ2n) is 7.40. The fourth-order valence-corrected chi connectivity index (χ4v) is 5.51. The van der Waals surface area contributed by atoms with E-state index < -0.39 is 21.7 Å². The van der Waals surface area contributed by atoms with Crippen LogP contribution in [0.5, 0.6) is 5.75 Å². The second-order valence-corrected chi connectivity index (χ2v) is 10.1. The van der Waals surface area contributed by atoms with Crippen LogP contribution in [-0.4, -0.2) is 25.5 Å². The summed E-state index contributed by atoms with van der Waals surface area (Å²) in [6, 6.07) is 16.2. The van der Waals surface area contributed by atoms with E-state index >= 15 is 0 Å². The van der Waals surface area contributed by atoms with Crippen LogP contribution in [0.15, 0.2) is 89.3 Å². The van der Waals surface area contributed by atoms with E-state index in [4.69, 9.17) is 4.74 Å². The summed E-state index contributed by atoms with van der Waals surface area (Å²) >= 11 is 1.35. The molecular weight excluding hydrogens is 489 g/mol. The van der Waals surface area contributed by atoms with E-state index in [9.17, 15) is 17.6 Å². The standard InChI is InChI=1S/C25H22FN3O4S2/c1-3-14-29-22-13-10-20(33-4-2)16-23(22)34-25(29)27-24(30)17-6-5-7-19(15-17)28-35(31,32)21-11-8-18(26)9-12-21/h3,5-13,15-16,28H,1,4,14H2,2H3. The number of rotatable bonds is 8. The van der Waals surface area contributed by atoms with Crippen molar-refractivity contribution in [1.82, 2.24) is 4.57 Å². The molecule has 0 spiro atoms. The van der Waals surface area contributed by atoms with Crippen LogP contribution < -0.4 is 14.3 Å². The minimum atomic E-state index is -3.96. The van der Waals surface area contributed by atoms with Gasteiger partial charge in [0.25, 0.3) is 15.9 Å². The summed E-state index contributed by atoms with van der Waals surface area (Å²) in [5, 5.41) is 0. The molecule has 0 unspecified atom stereocenters. The highest BCUT2D eigenvalue weighted by Gasteiger charge is 2.16. The first-order valence-corrected chi connectivity index (χ1v) is 13.0. The molecule has 0 bridgehead atoms. The molecule has 35 heavy (non-hydrogen) atoms. The molecular formula is C25H22FN3O4S2. The Hall–Kier alpha value is -3.76. The first-order chi connectivity index (χ1) is 16.8. The number of nitrogens with zero attached hydrogens (tertiary/aromatic N) is 2. The predicted molar refractivity (Wildman–Crippen MR) is 135 cm³/mol. The number of thiazole rings is 1. The molecule has 0 aliphatic heterocycles. The molecule has 3 aromatic carbocycles. The number of allylic oxidation sites excluding steroid dienone is 1. The number of benzene rings is 3. The molecule has 10 heteroatoms. The van der Waals surface area contributed by atoms with Gasteiger partial charge in [0.2, 0.25) is 0 Å². The summed E-state index contributed by atoms with van der Waals surface area (Å²) in [5.41, 5.74) is 1.29. The smallest absolute Gasteiger partial charge is 0.279 e. The number of carbonyl (C=O) groups excluding carboxylic acids is 1. The largest absolute Gasteiger partial charge is 0.494 e. The van der Waals surface area contributed by atoms with Crippen molar-refractivity contribution in [2.45, 2.75) is 18.4 Å². The van der Waals surface area contributed by atoms with Crippen molar-refractivity contribution < 1.29 is 22.3 Å². The Balaban J connectivity index is 1.66. The molecule has 0 aliphatic carbocycles. The number of aromatic nitrogens is 1. The zero-order chi connectivity index (χ0) is 25.0. The molecule has 0 atom stereocenters. The monoisotopic (exact) mass is 511 g/mol. The first kappa shape index (κ1) is 24.4. The van der Waals surface area contributed by atoms with Gasteiger partial charge in [-0.3, -0.25) is 9.52 Å². The molecule has 1 amide bonds. The third-order valence-electron chi connectivity index (χ3n) is 4.96. The molecule has 0 aliphatic rings. The number of ether oxygens (including phenoxy) is 1. The van der Waals surface area contributed by atoms with Gasteiger partial charge in [0.15, 0.2) is 4.80 Å². The Morgan fingerprint density at radius 3 is 2.66 bits per heavy atom. The van der Waals surface area contributed by atoms with Gasteiger partial charge in [-0.2, -0.15) is 4.99 Å². The summed E-state index contributed by atoms with van der Waals surface area (Å²) in [4.78, 5) is 17.7. The molecule has 180 valence electrons. The molecule has 0 saturated carbocycles. The van der Waals surface area contributed by atoms with Crippen LogP contribution in [0.1, 0.15) is 17.3 Å². The van der Waals surface area contributed by atoms with Crippen LogP contribution in [0.2, 0.25) is 0 Å². The zero-order valence-electron chi connectivity index (χ0n) is 18.8. The maximum absolute atomic E-state index is 13.1. The van der Waals surface area contributed by atoms with Gasteiger partial charge in [0, 0.05) is 17.8 Å². The highest BCUT2D eigenvalue weighted by atomic mass is 32.2. The quantitative estimate of drug-likeness (QED) is 0.338. The molecule has 4 rings (SSSR count). The fraction of sp³-hybridized carbons (Fsp3) is 0.120. The van der Waals surface area contributed by atoms with Crippen molar-refractivity contribution in [2.75, 3.05) is 11.3 Å². The van der Waals surface area contributed by atoms with Crippen molar-refractivity contribution in [3.05, 3.63) is 95.6 Å². The lowest BCUT2D eigenvalue weighted by Crippen LogP contribution is -2.16. The van der Waals surface area contributed by atoms with Crippen LogP contribution in [0.3, 0.4) is 0 Å². The van der Waals surface area contributed by atoms with E-state index in [2.05, 4.69) is 16.3 Å². The lowest BCUT2D eigenvalue weighted by molar-refractivity contribution is 0.0998. The number of halogens is 1. The number of hydrogen-bond acceptors (Lipinski definition) is 5. The first-order valence-electron chi connectivity index (χ1n) is 10.7. The van der Waals surface area contributed by atoms with Crippen molar-refractivity contribution in [2.24, 2.45) is 4.99 Å². The number of fused-ring (bicyclic) bond motifs is 1. The van der Waals surface area contributed by atoms with Gasteiger partial charge in [-0.05, 0) is 67.6 Å². The van der Waals surface area contributed by atoms with Crippen molar-refractivity contribution in [1.29, 1.82) is 0 Å². The van der Waals surface area contributed by atoms with E-state index in [1.165, 1.54) is 35.6 Å². The van der Waals surface area contributed by atoms with Crippen molar-refractivity contribution in [3.8, 4) is 5.75 Å². The Morgan fingerprint density at radius 2 is 1.94 bits per heavy atom. The number of sulfonamides is 1. The maximum Gasteiger partial charge on any atom is 0.279 e. The molecule has 4 aromatic rings. The van der Waals surface area contributed by atoms with Gasteiger partial charge in [-0.15, -0.1) is 6.58 Å². The molecule has 1 N–H and O–H groups in total. The second kappa shape index (κ2) is 10.2. The van der Waals surface area contributed by atoms with Crippen LogP contribution in [-0.2, 0) is 16.6 Å². The van der Waals surface area contributed by atoms with Gasteiger partial charge in [-0.1, -0.05) is 23.5 Å². The van der Waals surface area contributed by atoms with E-state index in [1.54, 1.807) is 18.2 Å². The van der Waals surface area contributed by atoms with Gasteiger partial charge in [0.05, 0.1) is 21.7 Å². The number of amides is 1. The minimum absolute atomic E-state index is 0.0949. The molecule has 0 radical (unpaired) electrons. The molecule has 7 nitrogen and oxygen atoms in total. The summed E-state index contributed by atoms with van der Waals surface area (Å²) < 4.78 is 49.1. The van der Waals surface area contributed by atoms with Gasteiger partial charge in [-0.25, -0.2) is 12.8 Å². The van der Waals surface area contributed by atoms with Gasteiger partial charge >= 0.3 is 0 Å². The molecule has 0 saturated heterocycles. The third-order valence-corrected chi connectivity index (χ3v) is 7.40. The molecule has 1 heterocycles. The summed E-state index contributed by atoms with van der Waals surface area (Å²) in [6.45, 7) is 6.69. The molecule has 0 fully saturated rings. The lowest BCUT2D eigenvalue weighted by atomic mass is 10.2. The summed E-state index contributed by atoms with van der Waals surface area (Å²) in [6.07, 6.45) is 1.72. The van der Waals surface area contributed by atoms with Crippen LogP contribution in [0.4, 0.5) is 10.1 Å². The highest BCUT2D eigenvalue weighted by molar-refractivity contribution is 7.92. The predicted octanol–water partition coefficient (Wildman–Crippen LogP) is 4.97. The van der Waals surface area contributed by atoms with E-state index in [0.717, 1.165) is 28.1 Å². The van der Waals surface area contributed by atoms with Gasteiger partial charge < -0.3 is 9.30 Å². The van der Waals surface area contributed by atoms with Gasteiger partial charge in [0.1, 0.15) is 11.6 Å². The molecule has 1 aromatic heterocycles. The zero-order valence-corrected chi connectivity index (χ0v) is 20.4. The SMILES string of the molecule is C=CCn1c(=NC(=O)c2cccc(NS(=O)(=O)c3ccc(F)cc3)c2)sc2cc(OCC)ccc21. The Labute approximate surface area is 205 Å². The summed E-state index contributed by atoms with van der Waals surface area (Å²) in [5.74, 6) is -0.338. The normalized spacial score (nSPS) is 12.0. The highest BCUT2D eigenvalue weighted by Crippen LogP contribution is 2.24. The number of carbonyl (C=O) groups is 1. The van der Waals surface area contributed by atoms with Crippen LogP contribution in [0, 0.1) is 5.82 Å². The Morgan fingerprint density at radius 1 is 1.17 bits per heavy atom. The van der Waals surface area contributed by atoms with E-state index in [-0.39, 0.29) is 16.1 Å². The average molecular weight is 512 g/mol. The van der Waals surface area contributed by atoms with E-state index in [0.29, 0.717) is 18.0 Å². The van der Waals surface area contributed by atoms with Crippen LogP contribution in [0.25, 0.3) is 10.2 Å². The number of anilines is 1. The average Bonchev–Trinajstić information content (AvgIpc) is 3.16. The Bertz CT molecular complexity index is 1570. The topological polar surface area (TPSA) is 89.8 Å². The maximum atomic E-state index is 13.1. The fourth-order valence-electron chi connectivity index (χ4n) is 3.40. The van der Waals surface area contributed by atoms with Crippen molar-refractivity contribution >= 4 is 43.2 Å². The van der Waals surface area contributed by atoms with Crippen LogP contribution >= 0.6 is 11.3 Å². The van der Waals surface area contributed by atoms with E-state index in [1.807, 2.05) is 29.7 Å². The Kier molecular flexibility index (Phi) is 7.13. The summed E-state index contributed by atoms with van der Waals surface area (Å²) in [7, 11) is -3.96. The number of hydrogen-bond donors (Lipinski definition) is 1. The minimum Gasteiger partial charge on any atom is -0.494 e. The third kappa shape index (κ3) is 5.50. The number of nitrogens with one attached hydrogen (secondary N) is 1. The van der Waals surface area contributed by atoms with Crippen molar-refractivity contribution in [3.63, 3.8) is 0 Å². The lowest BCUT2D eigenvalue weighted by Gasteiger charge is -2.09.